The molecule has 0 heterocycles. The number of ether oxygens (including phenoxy) is 1. The molecule has 1 saturated carbocycles. The van der Waals surface area contributed by atoms with Crippen LogP contribution in [-0.2, 0) is 20.7 Å². The molecule has 0 bridgehead atoms. The van der Waals surface area contributed by atoms with Crippen molar-refractivity contribution < 1.29 is 19.1 Å². The van der Waals surface area contributed by atoms with Crippen molar-refractivity contribution in [2.24, 2.45) is 5.92 Å². The summed E-state index contributed by atoms with van der Waals surface area (Å²) < 4.78 is 4.97. The van der Waals surface area contributed by atoms with Gasteiger partial charge >= 0.3 is 5.97 Å². The SMILES string of the molecule is CC(=O)NCCc1ccc(C(=O)COC(=O)C2CC2)cc1. The average molecular weight is 289 g/mol. The molecule has 1 aliphatic carbocycles. The van der Waals surface area contributed by atoms with Gasteiger partial charge in [0.1, 0.15) is 0 Å². The van der Waals surface area contributed by atoms with E-state index >= 15 is 0 Å². The molecule has 21 heavy (non-hydrogen) atoms. The van der Waals surface area contributed by atoms with Gasteiger partial charge in [0, 0.05) is 19.0 Å². The van der Waals surface area contributed by atoms with Gasteiger partial charge in [0.25, 0.3) is 0 Å². The third kappa shape index (κ3) is 5.02. The second kappa shape index (κ2) is 7.02. The monoisotopic (exact) mass is 289 g/mol. The van der Waals surface area contributed by atoms with E-state index in [0.29, 0.717) is 18.5 Å². The maximum atomic E-state index is 11.9. The molecule has 1 aliphatic rings. The molecule has 1 aromatic carbocycles. The fourth-order valence-corrected chi connectivity index (χ4v) is 1.90. The Morgan fingerprint density at radius 1 is 1.19 bits per heavy atom. The van der Waals surface area contributed by atoms with Crippen molar-refractivity contribution in [2.75, 3.05) is 13.2 Å². The van der Waals surface area contributed by atoms with Gasteiger partial charge in [-0.05, 0) is 24.8 Å². The summed E-state index contributed by atoms with van der Waals surface area (Å²) in [7, 11) is 0. The maximum absolute atomic E-state index is 11.9. The lowest BCUT2D eigenvalue weighted by Crippen LogP contribution is -2.22. The first kappa shape index (κ1) is 15.2. The van der Waals surface area contributed by atoms with Crippen LogP contribution >= 0.6 is 0 Å². The van der Waals surface area contributed by atoms with Crippen molar-refractivity contribution >= 4 is 17.7 Å². The summed E-state index contributed by atoms with van der Waals surface area (Å²) in [5.41, 5.74) is 1.57. The standard InChI is InChI=1S/C16H19NO4/c1-11(18)17-9-8-12-2-4-13(5-3-12)15(19)10-21-16(20)14-6-7-14/h2-5,14H,6-10H2,1H3,(H,17,18). The summed E-state index contributed by atoms with van der Waals surface area (Å²) >= 11 is 0. The van der Waals surface area contributed by atoms with Crippen LogP contribution in [0.5, 0.6) is 0 Å². The van der Waals surface area contributed by atoms with Crippen molar-refractivity contribution in [3.8, 4) is 0 Å². The number of nitrogens with one attached hydrogen (secondary N) is 1. The van der Waals surface area contributed by atoms with Crippen LogP contribution in [0.2, 0.25) is 0 Å². The van der Waals surface area contributed by atoms with E-state index < -0.39 is 0 Å². The highest BCUT2D eigenvalue weighted by atomic mass is 16.5. The Labute approximate surface area is 123 Å². The lowest BCUT2D eigenvalue weighted by atomic mass is 10.1. The number of benzene rings is 1. The second-order valence-electron chi connectivity index (χ2n) is 5.24. The minimum atomic E-state index is -0.268. The molecule has 5 heteroatoms. The van der Waals surface area contributed by atoms with Crippen LogP contribution in [0.15, 0.2) is 24.3 Å². The van der Waals surface area contributed by atoms with Crippen molar-refractivity contribution in [3.05, 3.63) is 35.4 Å². The van der Waals surface area contributed by atoms with Crippen LogP contribution in [0.3, 0.4) is 0 Å². The molecule has 0 unspecified atom stereocenters. The van der Waals surface area contributed by atoms with Gasteiger partial charge in [0.2, 0.25) is 5.91 Å². The number of hydrogen-bond acceptors (Lipinski definition) is 4. The van der Waals surface area contributed by atoms with Crippen LogP contribution in [0.1, 0.15) is 35.7 Å². The zero-order valence-corrected chi connectivity index (χ0v) is 12.1. The zero-order chi connectivity index (χ0) is 15.2. The normalized spacial score (nSPS) is 13.6. The first-order valence-electron chi connectivity index (χ1n) is 7.09. The molecule has 0 aromatic heterocycles. The van der Waals surface area contributed by atoms with E-state index in [4.69, 9.17) is 4.74 Å². The number of carbonyl (C=O) groups is 3. The number of Topliss-reactive ketones (excluding diaryl/α,β-unsaturated/α-hetero) is 1. The topological polar surface area (TPSA) is 72.5 Å². The fraction of sp³-hybridized carbons (Fsp3) is 0.438. The third-order valence-corrected chi connectivity index (χ3v) is 3.32. The number of carbonyl (C=O) groups excluding carboxylic acids is 3. The minimum absolute atomic E-state index is 0.00829. The zero-order valence-electron chi connectivity index (χ0n) is 12.1. The smallest absolute Gasteiger partial charge is 0.309 e. The van der Waals surface area contributed by atoms with Gasteiger partial charge in [-0.1, -0.05) is 24.3 Å². The van der Waals surface area contributed by atoms with Crippen LogP contribution in [0, 0.1) is 5.92 Å². The molecule has 1 fully saturated rings. The minimum Gasteiger partial charge on any atom is -0.457 e. The molecule has 112 valence electrons. The van der Waals surface area contributed by atoms with Crippen LogP contribution in [0.25, 0.3) is 0 Å². The molecule has 2 rings (SSSR count). The Hall–Kier alpha value is -2.17. The lowest BCUT2D eigenvalue weighted by molar-refractivity contribution is -0.144. The van der Waals surface area contributed by atoms with E-state index in [0.717, 1.165) is 18.4 Å². The number of esters is 1. The highest BCUT2D eigenvalue weighted by molar-refractivity contribution is 5.98. The Morgan fingerprint density at radius 2 is 1.86 bits per heavy atom. The van der Waals surface area contributed by atoms with E-state index in [-0.39, 0.29) is 30.2 Å². The van der Waals surface area contributed by atoms with Crippen molar-refractivity contribution in [1.29, 1.82) is 0 Å². The number of hydrogen-bond donors (Lipinski definition) is 1. The van der Waals surface area contributed by atoms with Crippen molar-refractivity contribution in [2.45, 2.75) is 26.2 Å². The highest BCUT2D eigenvalue weighted by Crippen LogP contribution is 2.30. The lowest BCUT2D eigenvalue weighted by Gasteiger charge is -2.05. The molecule has 0 spiro atoms. The highest BCUT2D eigenvalue weighted by Gasteiger charge is 2.31. The predicted molar refractivity (Wildman–Crippen MR) is 76.8 cm³/mol. The maximum Gasteiger partial charge on any atom is 0.309 e. The summed E-state index contributed by atoms with van der Waals surface area (Å²) in [6, 6.07) is 7.13. The molecule has 1 aromatic rings. The first-order chi connectivity index (χ1) is 10.1. The molecule has 0 radical (unpaired) electrons. The van der Waals surface area contributed by atoms with Crippen molar-refractivity contribution in [3.63, 3.8) is 0 Å². The Morgan fingerprint density at radius 3 is 2.43 bits per heavy atom. The van der Waals surface area contributed by atoms with E-state index in [1.165, 1.54) is 6.92 Å². The van der Waals surface area contributed by atoms with E-state index in [2.05, 4.69) is 5.32 Å². The van der Waals surface area contributed by atoms with Crippen LogP contribution < -0.4 is 5.32 Å². The molecule has 0 aliphatic heterocycles. The number of amides is 1. The molecule has 1 amide bonds. The molecule has 1 N–H and O–H groups in total. The average Bonchev–Trinajstić information content (AvgIpc) is 3.29. The summed E-state index contributed by atoms with van der Waals surface area (Å²) in [4.78, 5) is 34.0. The first-order valence-corrected chi connectivity index (χ1v) is 7.09. The van der Waals surface area contributed by atoms with Gasteiger partial charge in [-0.3, -0.25) is 14.4 Å². The number of ketones is 1. The molecule has 0 atom stereocenters. The molecular formula is C16H19NO4. The van der Waals surface area contributed by atoms with E-state index in [1.54, 1.807) is 12.1 Å². The Bertz CT molecular complexity index is 532. The quantitative estimate of drug-likeness (QED) is 0.610. The molecule has 0 saturated heterocycles. The second-order valence-corrected chi connectivity index (χ2v) is 5.24. The van der Waals surface area contributed by atoms with E-state index in [1.807, 2.05) is 12.1 Å². The van der Waals surface area contributed by atoms with Crippen LogP contribution in [0.4, 0.5) is 0 Å². The van der Waals surface area contributed by atoms with Gasteiger partial charge in [-0.15, -0.1) is 0 Å². The van der Waals surface area contributed by atoms with E-state index in [9.17, 15) is 14.4 Å². The summed E-state index contributed by atoms with van der Waals surface area (Å²) in [5.74, 6) is -0.513. The summed E-state index contributed by atoms with van der Waals surface area (Å²) in [5, 5.41) is 2.72. The van der Waals surface area contributed by atoms with Gasteiger partial charge in [0.15, 0.2) is 12.4 Å². The molecule has 5 nitrogen and oxygen atoms in total. The summed E-state index contributed by atoms with van der Waals surface area (Å²) in [6.07, 6.45) is 2.46. The van der Waals surface area contributed by atoms with Gasteiger partial charge < -0.3 is 10.1 Å². The van der Waals surface area contributed by atoms with Gasteiger partial charge in [-0.2, -0.15) is 0 Å². The van der Waals surface area contributed by atoms with Crippen molar-refractivity contribution in [1.82, 2.24) is 5.32 Å². The molecular weight excluding hydrogens is 270 g/mol. The van der Waals surface area contributed by atoms with Gasteiger partial charge in [-0.25, -0.2) is 0 Å². The largest absolute Gasteiger partial charge is 0.457 e. The Balaban J connectivity index is 1.78. The third-order valence-electron chi connectivity index (χ3n) is 3.32. The predicted octanol–water partition coefficient (Wildman–Crippen LogP) is 1.50. The summed E-state index contributed by atoms with van der Waals surface area (Å²) in [6.45, 7) is 1.85. The Kier molecular flexibility index (Phi) is 5.09. The van der Waals surface area contributed by atoms with Gasteiger partial charge in [0.05, 0.1) is 5.92 Å². The fourth-order valence-electron chi connectivity index (χ4n) is 1.90. The number of rotatable bonds is 7. The van der Waals surface area contributed by atoms with Crippen LogP contribution in [-0.4, -0.2) is 30.8 Å².